The number of benzene rings is 2. The van der Waals surface area contributed by atoms with Crippen LogP contribution in [0.2, 0.25) is 0 Å². The molecule has 23 heavy (non-hydrogen) atoms. The first-order valence-electron chi connectivity index (χ1n) is 6.49. The zero-order valence-corrected chi connectivity index (χ0v) is 11.5. The SMILES string of the molecule is [N-]=[N+]=Nc1cc(-c2cccc(F)c2)nc2ccc([N+](=O)[O-])cc12. The summed E-state index contributed by atoms with van der Waals surface area (Å²) < 4.78 is 13.4. The Hall–Kier alpha value is -3.51. The number of halogens is 1. The Morgan fingerprint density at radius 2 is 2.04 bits per heavy atom. The van der Waals surface area contributed by atoms with E-state index in [2.05, 4.69) is 15.0 Å². The number of hydrogen-bond acceptors (Lipinski definition) is 4. The molecular weight excluding hydrogens is 301 g/mol. The summed E-state index contributed by atoms with van der Waals surface area (Å²) >= 11 is 0. The van der Waals surface area contributed by atoms with Gasteiger partial charge in [0, 0.05) is 33.7 Å². The molecule has 0 fully saturated rings. The number of nitro benzene ring substituents is 1. The number of hydrogen-bond donors (Lipinski definition) is 0. The molecule has 3 aromatic rings. The second-order valence-electron chi connectivity index (χ2n) is 4.68. The van der Waals surface area contributed by atoms with Gasteiger partial charge < -0.3 is 0 Å². The molecule has 7 nitrogen and oxygen atoms in total. The van der Waals surface area contributed by atoms with Crippen LogP contribution in [0.5, 0.6) is 0 Å². The summed E-state index contributed by atoms with van der Waals surface area (Å²) in [6.07, 6.45) is 0. The summed E-state index contributed by atoms with van der Waals surface area (Å²) in [6, 6.07) is 11.4. The molecule has 0 N–H and O–H groups in total. The topological polar surface area (TPSA) is 105 Å². The van der Waals surface area contributed by atoms with Crippen molar-refractivity contribution >= 4 is 22.3 Å². The van der Waals surface area contributed by atoms with E-state index in [0.29, 0.717) is 22.2 Å². The van der Waals surface area contributed by atoms with Gasteiger partial charge >= 0.3 is 0 Å². The fraction of sp³-hybridized carbons (Fsp3) is 0. The number of aromatic nitrogens is 1. The molecule has 0 amide bonds. The first-order chi connectivity index (χ1) is 11.1. The van der Waals surface area contributed by atoms with Crippen LogP contribution in [0, 0.1) is 15.9 Å². The predicted octanol–water partition coefficient (Wildman–Crippen LogP) is 4.89. The summed E-state index contributed by atoms with van der Waals surface area (Å²) in [7, 11) is 0. The number of rotatable bonds is 3. The summed E-state index contributed by atoms with van der Waals surface area (Å²) in [5.74, 6) is -0.418. The molecule has 0 saturated heterocycles. The van der Waals surface area contributed by atoms with Crippen LogP contribution in [0.25, 0.3) is 32.6 Å². The largest absolute Gasteiger partial charge is 0.270 e. The smallest absolute Gasteiger partial charge is 0.258 e. The van der Waals surface area contributed by atoms with Gasteiger partial charge in [0.1, 0.15) is 5.82 Å². The lowest BCUT2D eigenvalue weighted by Gasteiger charge is -2.06. The minimum Gasteiger partial charge on any atom is -0.258 e. The second-order valence-corrected chi connectivity index (χ2v) is 4.68. The lowest BCUT2D eigenvalue weighted by atomic mass is 10.1. The molecule has 0 unspecified atom stereocenters. The molecule has 0 saturated carbocycles. The van der Waals surface area contributed by atoms with Gasteiger partial charge in [-0.3, -0.25) is 10.1 Å². The highest BCUT2D eigenvalue weighted by Gasteiger charge is 2.12. The third-order valence-electron chi connectivity index (χ3n) is 3.25. The molecule has 2 aromatic carbocycles. The number of nitro groups is 1. The molecule has 0 spiro atoms. The Labute approximate surface area is 128 Å². The van der Waals surface area contributed by atoms with E-state index >= 15 is 0 Å². The Kier molecular flexibility index (Phi) is 3.58. The molecule has 0 aliphatic carbocycles. The standard InChI is InChI=1S/C15H8FN5O2/c16-10-3-1-2-9(6-10)14-8-15(19-20-17)12-7-11(21(22)23)4-5-13(12)18-14/h1-8H. The molecular formula is C15H8FN5O2. The lowest BCUT2D eigenvalue weighted by molar-refractivity contribution is -0.384. The van der Waals surface area contributed by atoms with Crippen molar-refractivity contribution in [1.82, 2.24) is 4.98 Å². The third kappa shape index (κ3) is 2.78. The summed E-state index contributed by atoms with van der Waals surface area (Å²) in [5, 5.41) is 14.8. The van der Waals surface area contributed by atoms with Crippen LogP contribution in [-0.4, -0.2) is 9.91 Å². The Bertz CT molecular complexity index is 983. The average molecular weight is 309 g/mol. The number of non-ortho nitro benzene ring substituents is 1. The van der Waals surface area contributed by atoms with Gasteiger partial charge in [0.25, 0.3) is 5.69 Å². The van der Waals surface area contributed by atoms with Gasteiger partial charge in [0.15, 0.2) is 0 Å². The van der Waals surface area contributed by atoms with Crippen LogP contribution in [0.4, 0.5) is 15.8 Å². The molecule has 112 valence electrons. The van der Waals surface area contributed by atoms with Gasteiger partial charge in [-0.25, -0.2) is 9.37 Å². The van der Waals surface area contributed by atoms with Crippen LogP contribution in [0.1, 0.15) is 0 Å². The number of nitrogens with zero attached hydrogens (tertiary/aromatic N) is 5. The summed E-state index contributed by atoms with van der Waals surface area (Å²) in [5.41, 5.74) is 10.1. The van der Waals surface area contributed by atoms with Crippen LogP contribution in [-0.2, 0) is 0 Å². The molecule has 0 aliphatic heterocycles. The van der Waals surface area contributed by atoms with Crippen LogP contribution < -0.4 is 0 Å². The fourth-order valence-corrected chi connectivity index (χ4v) is 2.24. The van der Waals surface area contributed by atoms with E-state index in [1.807, 2.05) is 0 Å². The van der Waals surface area contributed by atoms with Crippen molar-refractivity contribution in [2.24, 2.45) is 5.11 Å². The van der Waals surface area contributed by atoms with Crippen molar-refractivity contribution in [3.8, 4) is 11.3 Å². The molecule has 0 radical (unpaired) electrons. The maximum atomic E-state index is 13.4. The molecule has 0 bridgehead atoms. The molecule has 3 rings (SSSR count). The number of azide groups is 1. The molecule has 1 heterocycles. The zero-order chi connectivity index (χ0) is 16.4. The zero-order valence-electron chi connectivity index (χ0n) is 11.5. The Balaban J connectivity index is 2.29. The van der Waals surface area contributed by atoms with Crippen molar-refractivity contribution in [2.75, 3.05) is 0 Å². The van der Waals surface area contributed by atoms with Crippen LogP contribution in [0.3, 0.4) is 0 Å². The van der Waals surface area contributed by atoms with Crippen molar-refractivity contribution in [1.29, 1.82) is 0 Å². The summed E-state index contributed by atoms with van der Waals surface area (Å²) in [4.78, 5) is 17.4. The Morgan fingerprint density at radius 1 is 1.22 bits per heavy atom. The van der Waals surface area contributed by atoms with E-state index < -0.39 is 10.7 Å². The predicted molar refractivity (Wildman–Crippen MR) is 82.6 cm³/mol. The van der Waals surface area contributed by atoms with E-state index in [4.69, 9.17) is 5.53 Å². The first kappa shape index (κ1) is 14.4. The minimum atomic E-state index is -0.542. The molecule has 8 heteroatoms. The van der Waals surface area contributed by atoms with E-state index in [0.717, 1.165) is 0 Å². The van der Waals surface area contributed by atoms with Crippen molar-refractivity contribution in [2.45, 2.75) is 0 Å². The lowest BCUT2D eigenvalue weighted by Crippen LogP contribution is -1.90. The van der Waals surface area contributed by atoms with Crippen LogP contribution in [0.15, 0.2) is 53.6 Å². The molecule has 0 atom stereocenters. The van der Waals surface area contributed by atoms with Crippen molar-refractivity contribution < 1.29 is 9.31 Å². The molecule has 0 aliphatic rings. The first-order valence-corrected chi connectivity index (χ1v) is 6.49. The third-order valence-corrected chi connectivity index (χ3v) is 3.25. The second kappa shape index (κ2) is 5.70. The van der Waals surface area contributed by atoms with Gasteiger partial charge in [-0.05, 0) is 29.8 Å². The average Bonchev–Trinajstić information content (AvgIpc) is 2.54. The molecule has 1 aromatic heterocycles. The maximum Gasteiger partial charge on any atom is 0.270 e. The van der Waals surface area contributed by atoms with E-state index in [1.165, 1.54) is 36.4 Å². The van der Waals surface area contributed by atoms with Gasteiger partial charge in [0.05, 0.1) is 16.1 Å². The van der Waals surface area contributed by atoms with E-state index in [-0.39, 0.29) is 11.4 Å². The van der Waals surface area contributed by atoms with E-state index in [9.17, 15) is 14.5 Å². The monoisotopic (exact) mass is 309 g/mol. The van der Waals surface area contributed by atoms with Crippen molar-refractivity contribution in [3.63, 3.8) is 0 Å². The normalized spacial score (nSPS) is 10.3. The highest BCUT2D eigenvalue weighted by molar-refractivity contribution is 5.93. The Morgan fingerprint density at radius 3 is 2.74 bits per heavy atom. The van der Waals surface area contributed by atoms with Gasteiger partial charge in [-0.1, -0.05) is 17.2 Å². The number of pyridine rings is 1. The van der Waals surface area contributed by atoms with Crippen LogP contribution >= 0.6 is 0 Å². The fourth-order valence-electron chi connectivity index (χ4n) is 2.24. The maximum absolute atomic E-state index is 13.4. The highest BCUT2D eigenvalue weighted by Crippen LogP contribution is 2.32. The van der Waals surface area contributed by atoms with Gasteiger partial charge in [-0.2, -0.15) is 0 Å². The summed E-state index contributed by atoms with van der Waals surface area (Å²) in [6.45, 7) is 0. The number of fused-ring (bicyclic) bond motifs is 1. The van der Waals surface area contributed by atoms with E-state index in [1.54, 1.807) is 12.1 Å². The van der Waals surface area contributed by atoms with Gasteiger partial charge in [-0.15, -0.1) is 0 Å². The van der Waals surface area contributed by atoms with Gasteiger partial charge in [0.2, 0.25) is 0 Å². The quantitative estimate of drug-likeness (QED) is 0.226. The van der Waals surface area contributed by atoms with Crippen molar-refractivity contribution in [3.05, 3.63) is 74.9 Å². The minimum absolute atomic E-state index is 0.132. The highest BCUT2D eigenvalue weighted by atomic mass is 19.1.